The number of hydrogen-bond acceptors (Lipinski definition) is 5. The zero-order valence-electron chi connectivity index (χ0n) is 19.1. The molecule has 184 valence electrons. The fourth-order valence-corrected chi connectivity index (χ4v) is 5.00. The molecule has 1 aliphatic heterocycles. The molecule has 35 heavy (non-hydrogen) atoms. The Kier molecular flexibility index (Phi) is 7.68. The maximum atomic E-state index is 14.7. The average molecular weight is 711 g/mol. The van der Waals surface area contributed by atoms with E-state index in [0.29, 0.717) is 60.9 Å². The Morgan fingerprint density at radius 3 is 2.69 bits per heavy atom. The number of fused-ring (bicyclic) bond motifs is 3. The molecule has 0 unspecified atom stereocenters. The minimum absolute atomic E-state index is 0. The first kappa shape index (κ1) is 26.2. The Morgan fingerprint density at radius 2 is 1.97 bits per heavy atom. The third kappa shape index (κ3) is 4.78. The van der Waals surface area contributed by atoms with Crippen molar-refractivity contribution in [3.05, 3.63) is 64.2 Å². The van der Waals surface area contributed by atoms with E-state index in [1.54, 1.807) is 13.0 Å². The molecule has 3 N–H and O–H groups in total. The van der Waals surface area contributed by atoms with E-state index in [4.69, 9.17) is 4.74 Å². The smallest absolute Gasteiger partial charge is 0.266 e. The van der Waals surface area contributed by atoms with Crippen molar-refractivity contribution in [1.82, 2.24) is 9.97 Å². The van der Waals surface area contributed by atoms with Crippen molar-refractivity contribution in [1.29, 1.82) is 0 Å². The molecule has 3 aromatic rings. The summed E-state index contributed by atoms with van der Waals surface area (Å²) in [6.45, 7) is 2.08. The van der Waals surface area contributed by atoms with Crippen molar-refractivity contribution in [3.8, 4) is 5.75 Å². The summed E-state index contributed by atoms with van der Waals surface area (Å²) in [5.74, 6) is -0.355. The van der Waals surface area contributed by atoms with Crippen molar-refractivity contribution in [2.45, 2.75) is 63.2 Å². The van der Waals surface area contributed by atoms with Crippen LogP contribution < -0.4 is 10.2 Å². The number of nitrogens with zero attached hydrogens (tertiary/aromatic N) is 2. The summed E-state index contributed by atoms with van der Waals surface area (Å²) in [6.07, 6.45) is 1.70. The molecule has 6 nitrogen and oxygen atoms in total. The normalized spacial score (nSPS) is 23.2. The Bertz CT molecular complexity index is 1310. The number of nitrogens with one attached hydrogen (secondary N) is 1. The molecular weight excluding hydrogens is 685 g/mol. The van der Waals surface area contributed by atoms with E-state index in [1.165, 1.54) is 12.1 Å². The monoisotopic (exact) mass is 710 g/mol. The summed E-state index contributed by atoms with van der Waals surface area (Å²) in [5.41, 5.74) is 0.685. The largest absolute Gasteiger partial charge is 0.494 e. The number of ether oxygens (including phenoxy) is 1. The second-order valence-corrected chi connectivity index (χ2v) is 9.04. The van der Waals surface area contributed by atoms with Gasteiger partial charge in [0.05, 0.1) is 29.9 Å². The zero-order valence-corrected chi connectivity index (χ0v) is 23.3. The molecule has 2 aromatic carbocycles. The van der Waals surface area contributed by atoms with E-state index in [0.717, 1.165) is 11.6 Å². The molecule has 1 aromatic heterocycles. The van der Waals surface area contributed by atoms with Gasteiger partial charge in [-0.25, -0.2) is 13.2 Å². The van der Waals surface area contributed by atoms with Crippen molar-refractivity contribution in [2.24, 2.45) is 4.99 Å². The van der Waals surface area contributed by atoms with Crippen LogP contribution >= 0.6 is 0 Å². The molecule has 2 aliphatic rings. The third-order valence-corrected chi connectivity index (χ3v) is 6.90. The average Bonchev–Trinajstić information content (AvgIpc) is 3.31. The second kappa shape index (κ2) is 10.3. The summed E-state index contributed by atoms with van der Waals surface area (Å²) in [4.78, 5) is 11.8. The van der Waals surface area contributed by atoms with Gasteiger partial charge in [-0.2, -0.15) is 0 Å². The number of aliphatic hydroxyl groups is 2. The number of H-pyrrole nitrogens is 1. The second-order valence-electron chi connectivity index (χ2n) is 9.04. The van der Waals surface area contributed by atoms with Crippen LogP contribution in [0, 0.1) is 43.3 Å². The molecule has 1 atom stereocenters. The standard InChI is InChI=1S/C25H25F3N3O3.U/c1-13(15-3-2-4-16(20(15)26)23(27)28)31-24-18-11-19(25(33)8-5-14(32)6-9-25)22-17(7-10-34-22)21(18)29-12-30-24;/h2-4,11,13-14,23,32-33H,5-10H2,1H3,(H,29,30,31);/q-1;/t13-,14?,25?;/m1./s1. The van der Waals surface area contributed by atoms with Gasteiger partial charge < -0.3 is 29.9 Å². The first-order valence-electron chi connectivity index (χ1n) is 11.4. The Labute approximate surface area is 224 Å². The summed E-state index contributed by atoms with van der Waals surface area (Å²) >= 11 is 0. The number of alkyl halides is 2. The molecule has 0 radical (unpaired) electrons. The van der Waals surface area contributed by atoms with Gasteiger partial charge in [0.25, 0.3) is 6.43 Å². The number of aromatic nitrogens is 2. The first-order valence-corrected chi connectivity index (χ1v) is 11.4. The van der Waals surface area contributed by atoms with Crippen LogP contribution in [0.1, 0.15) is 67.3 Å². The number of rotatable bonds is 4. The number of aliphatic hydroxyl groups excluding tert-OH is 1. The fraction of sp³-hybridized carbons (Fsp3) is 0.440. The van der Waals surface area contributed by atoms with E-state index in [1.807, 2.05) is 0 Å². The molecule has 5 rings (SSSR count). The van der Waals surface area contributed by atoms with Gasteiger partial charge in [-0.15, -0.1) is 0 Å². The van der Waals surface area contributed by atoms with Crippen molar-refractivity contribution in [2.75, 3.05) is 6.61 Å². The predicted molar refractivity (Wildman–Crippen MR) is 118 cm³/mol. The van der Waals surface area contributed by atoms with Gasteiger partial charge in [0.15, 0.2) is 0 Å². The predicted octanol–water partition coefficient (Wildman–Crippen LogP) is 4.16. The molecule has 1 fully saturated rings. The molecule has 2 heterocycles. The molecule has 0 amide bonds. The molecular formula is C25H25F3N3O3U-. The fourth-order valence-electron chi connectivity index (χ4n) is 5.00. The summed E-state index contributed by atoms with van der Waals surface area (Å²) < 4.78 is 47.0. The molecule has 1 saturated carbocycles. The van der Waals surface area contributed by atoms with Crippen LogP contribution in [0.25, 0.3) is 10.9 Å². The van der Waals surface area contributed by atoms with Crippen molar-refractivity contribution >= 4 is 10.9 Å². The van der Waals surface area contributed by atoms with Gasteiger partial charge in [0, 0.05) is 60.5 Å². The number of benzene rings is 2. The minimum Gasteiger partial charge on any atom is -0.494 e. The van der Waals surface area contributed by atoms with Crippen molar-refractivity contribution < 1.29 is 59.2 Å². The quantitative estimate of drug-likeness (QED) is 0.355. The maximum Gasteiger partial charge on any atom is 0.266 e. The van der Waals surface area contributed by atoms with Gasteiger partial charge >= 0.3 is 0 Å². The number of aromatic amines is 1. The molecule has 0 spiro atoms. The van der Waals surface area contributed by atoms with Gasteiger partial charge in [-0.05, 0) is 38.2 Å². The summed E-state index contributed by atoms with van der Waals surface area (Å²) in [5, 5.41) is 22.0. The van der Waals surface area contributed by atoms with Crippen LogP contribution in [0.4, 0.5) is 13.2 Å². The van der Waals surface area contributed by atoms with Gasteiger partial charge in [0.1, 0.15) is 11.6 Å². The van der Waals surface area contributed by atoms with Crippen LogP contribution in [0.5, 0.6) is 5.75 Å². The van der Waals surface area contributed by atoms with Crippen molar-refractivity contribution in [3.63, 3.8) is 0 Å². The summed E-state index contributed by atoms with van der Waals surface area (Å²) in [6, 6.07) is 4.88. The Morgan fingerprint density at radius 1 is 1.26 bits per heavy atom. The molecule has 0 saturated heterocycles. The van der Waals surface area contributed by atoms with E-state index in [9.17, 15) is 23.4 Å². The van der Waals surface area contributed by atoms with Crippen LogP contribution in [-0.2, 0) is 12.0 Å². The van der Waals surface area contributed by atoms with E-state index in [2.05, 4.69) is 21.3 Å². The minimum atomic E-state index is -2.93. The molecule has 10 heteroatoms. The first-order chi connectivity index (χ1) is 16.3. The van der Waals surface area contributed by atoms with Gasteiger partial charge in [0.2, 0.25) is 0 Å². The zero-order chi connectivity index (χ0) is 24.0. The van der Waals surface area contributed by atoms with Gasteiger partial charge in [-0.1, -0.05) is 35.2 Å². The SMILES string of the molecule is C[C@@H](N=c1n[c-][nH]c2c3c(c(C4(O)CCC(O)CC4)cc12)OCC3)c1cccc(C(F)F)c1F.[U]. The van der Waals surface area contributed by atoms with Crippen LogP contribution in [0.2, 0.25) is 0 Å². The third-order valence-electron chi connectivity index (χ3n) is 6.90. The maximum absolute atomic E-state index is 14.7. The number of hydrogen-bond donors (Lipinski definition) is 3. The number of halogens is 3. The summed E-state index contributed by atoms with van der Waals surface area (Å²) in [7, 11) is 0. The topological polar surface area (TPSA) is 90.7 Å². The van der Waals surface area contributed by atoms with E-state index >= 15 is 0 Å². The molecule has 0 bridgehead atoms. The Hall–Kier alpha value is -1.86. The molecule has 1 aliphatic carbocycles. The van der Waals surface area contributed by atoms with Crippen LogP contribution in [-0.4, -0.2) is 32.9 Å². The Balaban J connectivity index is 0.00000289. The van der Waals surface area contributed by atoms with E-state index in [-0.39, 0.29) is 42.2 Å². The van der Waals surface area contributed by atoms with E-state index < -0.39 is 35.6 Å². The van der Waals surface area contributed by atoms with Crippen LogP contribution in [0.15, 0.2) is 29.3 Å². The van der Waals surface area contributed by atoms with Gasteiger partial charge in [-0.3, -0.25) is 0 Å². The van der Waals surface area contributed by atoms with Crippen LogP contribution in [0.3, 0.4) is 0 Å².